The van der Waals surface area contributed by atoms with Crippen LogP contribution in [0.15, 0.2) is 67.4 Å². The van der Waals surface area contributed by atoms with E-state index in [2.05, 4.69) is 36.8 Å². The number of fused-ring (bicyclic) bond motifs is 1. The minimum absolute atomic E-state index is 1.01. The second-order valence-corrected chi connectivity index (χ2v) is 3.76. The summed E-state index contributed by atoms with van der Waals surface area (Å²) in [5.74, 6) is 0. The summed E-state index contributed by atoms with van der Waals surface area (Å²) < 4.78 is 0. The van der Waals surface area contributed by atoms with Crippen LogP contribution in [-0.4, -0.2) is 7.05 Å². The highest BCUT2D eigenvalue weighted by atomic mass is 15.1. The average Bonchev–Trinajstić information content (AvgIpc) is 2.33. The fourth-order valence-corrected chi connectivity index (χ4v) is 2.11. The maximum Gasteiger partial charge on any atom is 0.0487 e. The standard InChI is InChI=1S/C15H15N/c1-5-12-11(3)13-9-7-8-10-15(13)16(4)14(12)6-2/h5-10H,1-3H2,4H3. The summed E-state index contributed by atoms with van der Waals surface area (Å²) in [6.45, 7) is 11.8. The van der Waals surface area contributed by atoms with Crippen molar-refractivity contribution in [3.05, 3.63) is 73.0 Å². The van der Waals surface area contributed by atoms with Gasteiger partial charge >= 0.3 is 0 Å². The van der Waals surface area contributed by atoms with E-state index in [1.165, 1.54) is 0 Å². The van der Waals surface area contributed by atoms with Crippen molar-refractivity contribution in [2.45, 2.75) is 0 Å². The second-order valence-electron chi connectivity index (χ2n) is 3.76. The van der Waals surface area contributed by atoms with Crippen molar-refractivity contribution >= 4 is 11.3 Å². The van der Waals surface area contributed by atoms with E-state index in [1.54, 1.807) is 0 Å². The molecule has 0 unspecified atom stereocenters. The molecule has 0 saturated heterocycles. The Balaban J connectivity index is 2.71. The van der Waals surface area contributed by atoms with Crippen molar-refractivity contribution in [1.29, 1.82) is 0 Å². The van der Waals surface area contributed by atoms with Gasteiger partial charge in [-0.15, -0.1) is 0 Å². The lowest BCUT2D eigenvalue weighted by Gasteiger charge is -2.31. The topological polar surface area (TPSA) is 3.24 Å². The fourth-order valence-electron chi connectivity index (χ4n) is 2.11. The molecule has 1 heteroatoms. The fraction of sp³-hybridized carbons (Fsp3) is 0.0667. The van der Waals surface area contributed by atoms with E-state index in [0.29, 0.717) is 0 Å². The smallest absolute Gasteiger partial charge is 0.0487 e. The molecule has 1 aliphatic rings. The number of allylic oxidation sites excluding steroid dienone is 4. The van der Waals surface area contributed by atoms with Gasteiger partial charge in [-0.25, -0.2) is 0 Å². The molecule has 1 aromatic carbocycles. The first-order chi connectivity index (χ1) is 7.70. The zero-order chi connectivity index (χ0) is 11.7. The van der Waals surface area contributed by atoms with E-state index in [-0.39, 0.29) is 0 Å². The number of rotatable bonds is 2. The van der Waals surface area contributed by atoms with Crippen LogP contribution in [0.5, 0.6) is 0 Å². The van der Waals surface area contributed by atoms with E-state index in [0.717, 1.165) is 28.1 Å². The molecule has 0 fully saturated rings. The monoisotopic (exact) mass is 209 g/mol. The Morgan fingerprint density at radius 2 is 1.81 bits per heavy atom. The molecule has 0 N–H and O–H groups in total. The van der Waals surface area contributed by atoms with Crippen LogP contribution in [0.2, 0.25) is 0 Å². The molecule has 0 radical (unpaired) electrons. The first kappa shape index (κ1) is 10.5. The molecular formula is C15H15N. The minimum atomic E-state index is 1.01. The highest BCUT2D eigenvalue weighted by molar-refractivity contribution is 5.92. The van der Waals surface area contributed by atoms with Crippen molar-refractivity contribution in [3.63, 3.8) is 0 Å². The summed E-state index contributed by atoms with van der Waals surface area (Å²) in [5.41, 5.74) is 5.44. The number of hydrogen-bond donors (Lipinski definition) is 0. The van der Waals surface area contributed by atoms with Crippen LogP contribution in [0.3, 0.4) is 0 Å². The van der Waals surface area contributed by atoms with Crippen LogP contribution < -0.4 is 4.90 Å². The molecule has 1 nitrogen and oxygen atoms in total. The van der Waals surface area contributed by atoms with Gasteiger partial charge in [0, 0.05) is 29.6 Å². The third kappa shape index (κ3) is 1.33. The molecule has 0 aliphatic carbocycles. The number of likely N-dealkylation sites (N-methyl/N-ethyl adjacent to an activating group) is 1. The maximum atomic E-state index is 4.14. The Hall–Kier alpha value is -2.02. The van der Waals surface area contributed by atoms with Crippen LogP contribution in [0, 0.1) is 0 Å². The Morgan fingerprint density at radius 3 is 2.44 bits per heavy atom. The van der Waals surface area contributed by atoms with Gasteiger partial charge in [0.05, 0.1) is 0 Å². The lowest BCUT2D eigenvalue weighted by molar-refractivity contribution is 1.10. The van der Waals surface area contributed by atoms with Gasteiger partial charge in [0.25, 0.3) is 0 Å². The Morgan fingerprint density at radius 1 is 1.12 bits per heavy atom. The van der Waals surface area contributed by atoms with Crippen LogP contribution >= 0.6 is 0 Å². The van der Waals surface area contributed by atoms with Gasteiger partial charge in [0.2, 0.25) is 0 Å². The second kappa shape index (κ2) is 3.86. The zero-order valence-corrected chi connectivity index (χ0v) is 9.53. The molecule has 1 aromatic rings. The third-order valence-electron chi connectivity index (χ3n) is 2.95. The lowest BCUT2D eigenvalue weighted by atomic mass is 9.91. The molecule has 1 heterocycles. The number of benzene rings is 1. The minimum Gasteiger partial charge on any atom is -0.344 e. The van der Waals surface area contributed by atoms with Gasteiger partial charge in [-0.05, 0) is 17.7 Å². The van der Waals surface area contributed by atoms with Gasteiger partial charge < -0.3 is 4.90 Å². The quantitative estimate of drug-likeness (QED) is 0.716. The van der Waals surface area contributed by atoms with E-state index in [1.807, 2.05) is 31.3 Å². The van der Waals surface area contributed by atoms with Crippen molar-refractivity contribution in [1.82, 2.24) is 0 Å². The molecule has 0 amide bonds. The molecule has 0 aromatic heterocycles. The van der Waals surface area contributed by atoms with E-state index < -0.39 is 0 Å². The summed E-state index contributed by atoms with van der Waals surface area (Å²) >= 11 is 0. The predicted octanol–water partition coefficient (Wildman–Crippen LogP) is 3.78. The number of para-hydroxylation sites is 1. The average molecular weight is 209 g/mol. The molecule has 2 rings (SSSR count). The molecule has 0 spiro atoms. The lowest BCUT2D eigenvalue weighted by Crippen LogP contribution is -2.22. The number of hydrogen-bond acceptors (Lipinski definition) is 1. The van der Waals surface area contributed by atoms with Gasteiger partial charge in [-0.1, -0.05) is 44.0 Å². The third-order valence-corrected chi connectivity index (χ3v) is 2.95. The molecule has 16 heavy (non-hydrogen) atoms. The maximum absolute atomic E-state index is 4.14. The highest BCUT2D eigenvalue weighted by Gasteiger charge is 2.21. The zero-order valence-electron chi connectivity index (χ0n) is 9.53. The van der Waals surface area contributed by atoms with Gasteiger partial charge in [-0.2, -0.15) is 0 Å². The van der Waals surface area contributed by atoms with E-state index in [9.17, 15) is 0 Å². The summed E-state index contributed by atoms with van der Waals surface area (Å²) in [6, 6.07) is 8.22. The van der Waals surface area contributed by atoms with Gasteiger partial charge in [0.1, 0.15) is 0 Å². The van der Waals surface area contributed by atoms with E-state index >= 15 is 0 Å². The van der Waals surface area contributed by atoms with Crippen LogP contribution in [0.25, 0.3) is 5.57 Å². The Kier molecular flexibility index (Phi) is 2.53. The first-order valence-electron chi connectivity index (χ1n) is 5.22. The molecular weight excluding hydrogens is 194 g/mol. The summed E-state index contributed by atoms with van der Waals surface area (Å²) in [5, 5.41) is 0. The normalized spacial score (nSPS) is 14.8. The van der Waals surface area contributed by atoms with Crippen LogP contribution in [0.4, 0.5) is 5.69 Å². The predicted molar refractivity (Wildman–Crippen MR) is 71.3 cm³/mol. The molecule has 0 bridgehead atoms. The Bertz CT molecular complexity index is 506. The van der Waals surface area contributed by atoms with E-state index in [4.69, 9.17) is 0 Å². The summed E-state index contributed by atoms with van der Waals surface area (Å²) in [6.07, 6.45) is 3.68. The molecule has 0 atom stereocenters. The summed E-state index contributed by atoms with van der Waals surface area (Å²) in [4.78, 5) is 2.12. The largest absolute Gasteiger partial charge is 0.344 e. The molecule has 1 aliphatic heterocycles. The van der Waals surface area contributed by atoms with Crippen molar-refractivity contribution in [2.24, 2.45) is 0 Å². The highest BCUT2D eigenvalue weighted by Crippen LogP contribution is 2.39. The number of nitrogens with zero attached hydrogens (tertiary/aromatic N) is 1. The first-order valence-corrected chi connectivity index (χ1v) is 5.22. The number of anilines is 1. The van der Waals surface area contributed by atoms with Crippen molar-refractivity contribution in [3.8, 4) is 0 Å². The molecule has 0 saturated carbocycles. The van der Waals surface area contributed by atoms with Gasteiger partial charge in [-0.3, -0.25) is 0 Å². The Labute approximate surface area is 96.7 Å². The van der Waals surface area contributed by atoms with Crippen molar-refractivity contribution in [2.75, 3.05) is 11.9 Å². The summed E-state index contributed by atoms with van der Waals surface area (Å²) in [7, 11) is 2.03. The van der Waals surface area contributed by atoms with Crippen LogP contribution in [0.1, 0.15) is 5.56 Å². The van der Waals surface area contributed by atoms with Crippen molar-refractivity contribution < 1.29 is 0 Å². The SMILES string of the molecule is C=CC1=C(C=C)N(C)c2ccccc2C1=C. The van der Waals surface area contributed by atoms with Crippen LogP contribution in [-0.2, 0) is 0 Å². The van der Waals surface area contributed by atoms with Gasteiger partial charge in [0.15, 0.2) is 0 Å². The molecule has 80 valence electrons.